The third kappa shape index (κ3) is 3.67. The Labute approximate surface area is 182 Å². The molecular formula is C26H27N3O2. The Morgan fingerprint density at radius 3 is 2.61 bits per heavy atom. The Balaban J connectivity index is 2.00. The molecule has 1 heterocycles. The topological polar surface area (TPSA) is 67.1 Å². The Morgan fingerprint density at radius 1 is 1.10 bits per heavy atom. The van der Waals surface area contributed by atoms with Gasteiger partial charge in [-0.25, -0.2) is 4.79 Å². The van der Waals surface area contributed by atoms with Gasteiger partial charge in [-0.1, -0.05) is 54.6 Å². The minimum Gasteiger partial charge on any atom is -0.462 e. The summed E-state index contributed by atoms with van der Waals surface area (Å²) in [5, 5.41) is 13.6. The monoisotopic (exact) mass is 413 g/mol. The van der Waals surface area contributed by atoms with E-state index in [-0.39, 0.29) is 12.0 Å². The number of fused-ring (bicyclic) bond motifs is 2. The van der Waals surface area contributed by atoms with Crippen LogP contribution < -0.4 is 5.32 Å². The summed E-state index contributed by atoms with van der Waals surface area (Å²) in [5.74, 6) is -0.327. The number of aromatic nitrogens is 1. The lowest BCUT2D eigenvalue weighted by molar-refractivity contribution is 0.0527. The number of rotatable bonds is 7. The molecule has 0 unspecified atom stereocenters. The quantitative estimate of drug-likeness (QED) is 0.225. The fraction of sp³-hybridized carbons (Fsp3) is 0.231. The predicted octanol–water partition coefficient (Wildman–Crippen LogP) is 5.92. The molecule has 0 saturated heterocycles. The average Bonchev–Trinajstić information content (AvgIpc) is 3.11. The maximum absolute atomic E-state index is 12.9. The molecule has 0 amide bonds. The summed E-state index contributed by atoms with van der Waals surface area (Å²) in [6.45, 7) is 6.72. The van der Waals surface area contributed by atoms with Crippen molar-refractivity contribution in [3.63, 3.8) is 0 Å². The highest BCUT2D eigenvalue weighted by atomic mass is 16.5. The van der Waals surface area contributed by atoms with E-state index in [9.17, 15) is 4.79 Å². The molecule has 4 aromatic rings. The fourth-order valence-electron chi connectivity index (χ4n) is 4.35. The first-order valence-electron chi connectivity index (χ1n) is 10.6. The zero-order valence-electron chi connectivity index (χ0n) is 18.1. The molecule has 5 heteroatoms. The lowest BCUT2D eigenvalue weighted by Gasteiger charge is -2.16. The lowest BCUT2D eigenvalue weighted by Crippen LogP contribution is -2.18. The first kappa shape index (κ1) is 20.7. The van der Waals surface area contributed by atoms with Crippen molar-refractivity contribution in [3.8, 4) is 11.1 Å². The van der Waals surface area contributed by atoms with Crippen LogP contribution in [0.5, 0.6) is 0 Å². The molecule has 3 aromatic carbocycles. The molecule has 31 heavy (non-hydrogen) atoms. The van der Waals surface area contributed by atoms with Crippen LogP contribution in [0.15, 0.2) is 60.7 Å². The molecule has 0 fully saturated rings. The summed E-state index contributed by atoms with van der Waals surface area (Å²) in [7, 11) is 0. The van der Waals surface area contributed by atoms with Gasteiger partial charge in [0.2, 0.25) is 0 Å². The van der Waals surface area contributed by atoms with Crippen LogP contribution in [0.1, 0.15) is 42.9 Å². The molecule has 4 rings (SSSR count). The van der Waals surface area contributed by atoms with Crippen LogP contribution in [-0.2, 0) is 11.3 Å². The minimum absolute atomic E-state index is 0.135. The van der Waals surface area contributed by atoms with Crippen molar-refractivity contribution in [3.05, 3.63) is 71.9 Å². The van der Waals surface area contributed by atoms with E-state index in [1.165, 1.54) is 10.8 Å². The summed E-state index contributed by atoms with van der Waals surface area (Å²) in [6.07, 6.45) is 1.15. The minimum atomic E-state index is -0.327. The van der Waals surface area contributed by atoms with Gasteiger partial charge in [0.1, 0.15) is 0 Å². The van der Waals surface area contributed by atoms with E-state index in [1.807, 2.05) is 19.1 Å². The normalized spacial score (nSPS) is 11.2. The van der Waals surface area contributed by atoms with Gasteiger partial charge in [0, 0.05) is 11.4 Å². The number of hydrogen-bond acceptors (Lipinski definition) is 3. The zero-order valence-corrected chi connectivity index (χ0v) is 18.1. The second kappa shape index (κ2) is 8.64. The maximum Gasteiger partial charge on any atom is 0.340 e. The number of benzene rings is 3. The van der Waals surface area contributed by atoms with Crippen LogP contribution >= 0.6 is 0 Å². The average molecular weight is 414 g/mol. The van der Waals surface area contributed by atoms with E-state index < -0.39 is 0 Å². The Hall–Kier alpha value is -3.60. The number of esters is 1. The van der Waals surface area contributed by atoms with E-state index in [4.69, 9.17) is 10.1 Å². The van der Waals surface area contributed by atoms with Crippen molar-refractivity contribution in [1.29, 1.82) is 5.41 Å². The third-order valence-electron chi connectivity index (χ3n) is 5.57. The summed E-state index contributed by atoms with van der Waals surface area (Å²) in [4.78, 5) is 12.9. The van der Waals surface area contributed by atoms with Crippen LogP contribution in [0.2, 0.25) is 0 Å². The Morgan fingerprint density at radius 2 is 1.87 bits per heavy atom. The smallest absolute Gasteiger partial charge is 0.340 e. The molecule has 2 N–H and O–H groups in total. The second-order valence-corrected chi connectivity index (χ2v) is 7.79. The molecule has 158 valence electrons. The van der Waals surface area contributed by atoms with Gasteiger partial charge in [-0.2, -0.15) is 0 Å². The van der Waals surface area contributed by atoms with Crippen molar-refractivity contribution in [2.75, 3.05) is 6.61 Å². The second-order valence-electron chi connectivity index (χ2n) is 7.79. The molecule has 0 atom stereocenters. The van der Waals surface area contributed by atoms with E-state index >= 15 is 0 Å². The Kier molecular flexibility index (Phi) is 5.76. The van der Waals surface area contributed by atoms with E-state index in [2.05, 4.69) is 72.3 Å². The highest BCUT2D eigenvalue weighted by Gasteiger charge is 2.25. The van der Waals surface area contributed by atoms with Gasteiger partial charge < -0.3 is 14.6 Å². The number of nitrogens with zero attached hydrogens (tertiary/aromatic N) is 1. The molecule has 0 aliphatic carbocycles. The van der Waals surface area contributed by atoms with Crippen molar-refractivity contribution in [2.45, 2.75) is 33.4 Å². The summed E-state index contributed by atoms with van der Waals surface area (Å²) >= 11 is 0. The Bertz CT molecular complexity index is 1270. The molecule has 0 saturated carbocycles. The van der Waals surface area contributed by atoms with Gasteiger partial charge >= 0.3 is 5.97 Å². The number of carbonyl (C=O) groups is 1. The lowest BCUT2D eigenvalue weighted by atomic mass is 9.97. The molecule has 0 spiro atoms. The fourth-order valence-corrected chi connectivity index (χ4v) is 4.35. The van der Waals surface area contributed by atoms with Gasteiger partial charge in [-0.05, 0) is 48.7 Å². The summed E-state index contributed by atoms with van der Waals surface area (Å²) in [5.41, 5.74) is 4.66. The number of hydrogen-bond donors (Lipinski definition) is 2. The summed E-state index contributed by atoms with van der Waals surface area (Å²) in [6, 6.07) is 21.1. The molecular weight excluding hydrogens is 386 g/mol. The van der Waals surface area contributed by atoms with Gasteiger partial charge in [0.05, 0.1) is 36.3 Å². The van der Waals surface area contributed by atoms with E-state index in [1.54, 1.807) is 0 Å². The summed E-state index contributed by atoms with van der Waals surface area (Å²) < 4.78 is 7.56. The van der Waals surface area contributed by atoms with Gasteiger partial charge in [0.25, 0.3) is 0 Å². The molecule has 0 aliphatic rings. The maximum atomic E-state index is 12.9. The van der Waals surface area contributed by atoms with Crippen LogP contribution in [0, 0.1) is 5.41 Å². The number of ether oxygens (including phenoxy) is 1. The van der Waals surface area contributed by atoms with Gasteiger partial charge in [0.15, 0.2) is 0 Å². The van der Waals surface area contributed by atoms with Crippen molar-refractivity contribution in [2.24, 2.45) is 0 Å². The number of carbonyl (C=O) groups excluding carboxylic acids is 1. The van der Waals surface area contributed by atoms with Crippen LogP contribution in [0.25, 0.3) is 32.8 Å². The predicted molar refractivity (Wildman–Crippen MR) is 127 cm³/mol. The van der Waals surface area contributed by atoms with Gasteiger partial charge in [-0.3, -0.25) is 5.41 Å². The van der Waals surface area contributed by atoms with Crippen molar-refractivity contribution in [1.82, 2.24) is 9.88 Å². The molecule has 0 aliphatic heterocycles. The highest BCUT2D eigenvalue weighted by Crippen LogP contribution is 2.35. The van der Waals surface area contributed by atoms with E-state index in [0.29, 0.717) is 18.7 Å². The van der Waals surface area contributed by atoms with Gasteiger partial charge in [-0.15, -0.1) is 0 Å². The molecule has 5 nitrogen and oxygen atoms in total. The van der Waals surface area contributed by atoms with Crippen LogP contribution in [0.3, 0.4) is 0 Å². The van der Waals surface area contributed by atoms with E-state index in [0.717, 1.165) is 34.1 Å². The standard InChI is InChI=1S/C26H27N3O2/c1-4-31-26(30)25-22-13-12-19(21-11-7-9-18-8-5-6-10-20(18)21)14-23(22)29(17(2)3)24(25)15-28-16-27/h5-14,16-17H,4,15H2,1-3H3,(H2,27,28). The van der Waals surface area contributed by atoms with Crippen molar-refractivity contribution < 1.29 is 9.53 Å². The SMILES string of the molecule is CCOC(=O)c1c(CNC=N)n(C(C)C)c2cc(-c3cccc4ccccc34)ccc12. The third-order valence-corrected chi connectivity index (χ3v) is 5.57. The molecule has 1 aromatic heterocycles. The first-order chi connectivity index (χ1) is 15.1. The van der Waals surface area contributed by atoms with Crippen LogP contribution in [0.4, 0.5) is 0 Å². The largest absolute Gasteiger partial charge is 0.462 e. The van der Waals surface area contributed by atoms with Crippen LogP contribution in [-0.4, -0.2) is 23.5 Å². The molecule has 0 radical (unpaired) electrons. The van der Waals surface area contributed by atoms with Crippen molar-refractivity contribution >= 4 is 34.0 Å². The first-order valence-corrected chi connectivity index (χ1v) is 10.6. The molecule has 0 bridgehead atoms. The highest BCUT2D eigenvalue weighted by molar-refractivity contribution is 6.08. The zero-order chi connectivity index (χ0) is 22.0. The number of nitrogens with one attached hydrogen (secondary N) is 2.